The van der Waals surface area contributed by atoms with Crippen molar-refractivity contribution in [2.45, 2.75) is 51.9 Å². The third-order valence-corrected chi connectivity index (χ3v) is 4.46. The number of unbranched alkanes of at least 4 members (excludes halogenated alkanes) is 1. The van der Waals surface area contributed by atoms with Crippen LogP contribution in [-0.4, -0.2) is 6.29 Å². The zero-order valence-electron chi connectivity index (χ0n) is 14.6. The first-order chi connectivity index (χ1) is 11.8. The van der Waals surface area contributed by atoms with E-state index in [0.29, 0.717) is 18.3 Å². The van der Waals surface area contributed by atoms with Crippen molar-refractivity contribution in [2.24, 2.45) is 11.8 Å². The van der Waals surface area contributed by atoms with E-state index in [-0.39, 0.29) is 0 Å². The molecule has 0 bridgehead atoms. The maximum atomic E-state index is 10.5. The molecule has 0 spiro atoms. The van der Waals surface area contributed by atoms with E-state index < -0.39 is 0 Å². The van der Waals surface area contributed by atoms with Crippen molar-refractivity contribution >= 4 is 6.29 Å². The molecule has 0 aromatic heterocycles. The van der Waals surface area contributed by atoms with Crippen molar-refractivity contribution in [3.8, 4) is 5.75 Å². The summed E-state index contributed by atoms with van der Waals surface area (Å²) < 4.78 is 6.07. The maximum Gasteiger partial charge on any atom is 0.146 e. The summed E-state index contributed by atoms with van der Waals surface area (Å²) in [6, 6.07) is 9.88. The van der Waals surface area contributed by atoms with E-state index in [0.717, 1.165) is 37.1 Å². The number of aldehydes is 1. The number of carbonyl (C=O) groups excluding carboxylic acids is 1. The van der Waals surface area contributed by atoms with Crippen molar-refractivity contribution in [3.63, 3.8) is 0 Å². The molecule has 1 saturated carbocycles. The highest BCUT2D eigenvalue weighted by Gasteiger charge is 2.26. The van der Waals surface area contributed by atoms with Gasteiger partial charge in [-0.1, -0.05) is 49.4 Å². The van der Waals surface area contributed by atoms with E-state index in [4.69, 9.17) is 4.74 Å². The number of ether oxygens (including phenoxy) is 1. The molecule has 1 aliphatic rings. The number of carbonyl (C=O) groups is 1. The molecule has 1 aromatic rings. The van der Waals surface area contributed by atoms with E-state index in [1.54, 1.807) is 0 Å². The van der Waals surface area contributed by atoms with E-state index in [1.165, 1.54) is 19.3 Å². The molecule has 24 heavy (non-hydrogen) atoms. The minimum absolute atomic E-state index is 0.539. The van der Waals surface area contributed by atoms with Gasteiger partial charge in [0, 0.05) is 12.8 Å². The molecular weight excluding hydrogens is 296 g/mol. The van der Waals surface area contributed by atoms with Crippen molar-refractivity contribution < 1.29 is 9.53 Å². The molecule has 1 aromatic carbocycles. The van der Waals surface area contributed by atoms with E-state index in [9.17, 15) is 4.79 Å². The van der Waals surface area contributed by atoms with Gasteiger partial charge in [-0.25, -0.2) is 0 Å². The summed E-state index contributed by atoms with van der Waals surface area (Å²) in [6.07, 6.45) is 14.6. The lowest BCUT2D eigenvalue weighted by molar-refractivity contribution is -0.107. The van der Waals surface area contributed by atoms with Crippen LogP contribution in [0.25, 0.3) is 0 Å². The molecule has 2 heteroatoms. The second-order valence-electron chi connectivity index (χ2n) is 6.33. The Balaban J connectivity index is 2.08. The maximum absolute atomic E-state index is 10.5. The van der Waals surface area contributed by atoms with Crippen molar-refractivity contribution in [1.29, 1.82) is 0 Å². The van der Waals surface area contributed by atoms with Crippen LogP contribution >= 0.6 is 0 Å². The molecule has 1 fully saturated rings. The SMILES string of the molecule is CCC=C[C@H]1CCC[C@@H]1CC(=C=CCCC=O)Oc1ccccc1. The van der Waals surface area contributed by atoms with Gasteiger partial charge >= 0.3 is 0 Å². The second kappa shape index (κ2) is 10.7. The molecular formula is C22H28O2. The van der Waals surface area contributed by atoms with Gasteiger partial charge in [-0.05, 0) is 55.7 Å². The highest BCUT2D eigenvalue weighted by Crippen LogP contribution is 2.37. The molecule has 0 radical (unpaired) electrons. The van der Waals surface area contributed by atoms with Crippen LogP contribution < -0.4 is 4.74 Å². The summed E-state index contributed by atoms with van der Waals surface area (Å²) in [5.74, 6) is 3.01. The Morgan fingerprint density at radius 3 is 2.83 bits per heavy atom. The average molecular weight is 324 g/mol. The van der Waals surface area contributed by atoms with Crippen molar-refractivity contribution in [1.82, 2.24) is 0 Å². The molecule has 128 valence electrons. The number of hydrogen-bond acceptors (Lipinski definition) is 2. The molecule has 0 heterocycles. The van der Waals surface area contributed by atoms with Crippen LogP contribution in [0.3, 0.4) is 0 Å². The number of para-hydroxylation sites is 1. The van der Waals surface area contributed by atoms with Crippen LogP contribution in [0, 0.1) is 11.8 Å². The van der Waals surface area contributed by atoms with Gasteiger partial charge in [-0.3, -0.25) is 0 Å². The fourth-order valence-corrected chi connectivity index (χ4v) is 3.22. The largest absolute Gasteiger partial charge is 0.454 e. The first kappa shape index (κ1) is 18.3. The van der Waals surface area contributed by atoms with E-state index in [2.05, 4.69) is 24.8 Å². The van der Waals surface area contributed by atoms with Gasteiger partial charge in [-0.2, -0.15) is 0 Å². The monoisotopic (exact) mass is 324 g/mol. The Bertz CT molecular complexity index is 579. The topological polar surface area (TPSA) is 26.3 Å². The first-order valence-electron chi connectivity index (χ1n) is 9.10. The van der Waals surface area contributed by atoms with Crippen LogP contribution in [0.15, 0.2) is 60.1 Å². The van der Waals surface area contributed by atoms with Crippen LogP contribution in [-0.2, 0) is 4.79 Å². The van der Waals surface area contributed by atoms with Gasteiger partial charge in [0.05, 0.1) is 0 Å². The highest BCUT2D eigenvalue weighted by molar-refractivity contribution is 5.49. The standard InChI is InChI=1S/C22H28O2/c1-2-3-11-19-12-10-13-20(19)18-22(16-8-5-9-17-23)24-21-14-6-4-7-15-21/h3-4,6-8,11,14-15,17,19-20H,2,5,9-10,12-13,18H2,1H3/t16?,19-,20+/m0/s1. The fourth-order valence-electron chi connectivity index (χ4n) is 3.22. The molecule has 0 unspecified atom stereocenters. The predicted octanol–water partition coefficient (Wildman–Crippen LogP) is 5.86. The summed E-state index contributed by atoms with van der Waals surface area (Å²) in [5.41, 5.74) is 3.29. The smallest absolute Gasteiger partial charge is 0.146 e. The molecule has 2 nitrogen and oxygen atoms in total. The molecule has 1 aliphatic carbocycles. The normalized spacial score (nSPS) is 19.9. The van der Waals surface area contributed by atoms with E-state index in [1.807, 2.05) is 36.4 Å². The van der Waals surface area contributed by atoms with Gasteiger partial charge in [0.25, 0.3) is 0 Å². The summed E-state index contributed by atoms with van der Waals surface area (Å²) in [6.45, 7) is 2.18. The molecule has 2 rings (SSSR count). The Kier molecular flexibility index (Phi) is 8.13. The molecule has 0 aliphatic heterocycles. The number of benzene rings is 1. The number of allylic oxidation sites excluding steroid dienone is 3. The lowest BCUT2D eigenvalue weighted by Crippen LogP contribution is -2.09. The average Bonchev–Trinajstić information content (AvgIpc) is 3.04. The van der Waals surface area contributed by atoms with Crippen molar-refractivity contribution in [3.05, 3.63) is 60.1 Å². The Labute approximate surface area is 145 Å². The van der Waals surface area contributed by atoms with Crippen molar-refractivity contribution in [2.75, 3.05) is 0 Å². The highest BCUT2D eigenvalue weighted by atomic mass is 16.5. The zero-order valence-corrected chi connectivity index (χ0v) is 14.6. The van der Waals surface area contributed by atoms with Gasteiger partial charge in [0.2, 0.25) is 0 Å². The van der Waals surface area contributed by atoms with E-state index >= 15 is 0 Å². The number of rotatable bonds is 9. The Morgan fingerprint density at radius 2 is 2.08 bits per heavy atom. The van der Waals surface area contributed by atoms with Crippen LogP contribution in [0.2, 0.25) is 0 Å². The summed E-state index contributed by atoms with van der Waals surface area (Å²) >= 11 is 0. The van der Waals surface area contributed by atoms with Crippen LogP contribution in [0.4, 0.5) is 0 Å². The minimum atomic E-state index is 0.539. The lowest BCUT2D eigenvalue weighted by Gasteiger charge is -2.17. The first-order valence-corrected chi connectivity index (χ1v) is 9.10. The third-order valence-electron chi connectivity index (χ3n) is 4.46. The molecule has 0 saturated heterocycles. The molecule has 0 amide bonds. The third kappa shape index (κ3) is 6.22. The number of hydrogen-bond donors (Lipinski definition) is 0. The van der Waals surface area contributed by atoms with Gasteiger partial charge in [0.15, 0.2) is 0 Å². The Morgan fingerprint density at radius 1 is 1.25 bits per heavy atom. The quantitative estimate of drug-likeness (QED) is 0.187. The van der Waals surface area contributed by atoms with Gasteiger partial charge in [0.1, 0.15) is 17.8 Å². The van der Waals surface area contributed by atoms with Crippen LogP contribution in [0.5, 0.6) is 5.75 Å². The molecule has 0 N–H and O–H groups in total. The minimum Gasteiger partial charge on any atom is -0.454 e. The summed E-state index contributed by atoms with van der Waals surface area (Å²) in [5, 5.41) is 0. The predicted molar refractivity (Wildman–Crippen MR) is 98.8 cm³/mol. The summed E-state index contributed by atoms with van der Waals surface area (Å²) in [7, 11) is 0. The summed E-state index contributed by atoms with van der Waals surface area (Å²) in [4.78, 5) is 10.5. The second-order valence-corrected chi connectivity index (χ2v) is 6.33. The Hall–Kier alpha value is -2.05. The fraction of sp³-hybridized carbons (Fsp3) is 0.455. The van der Waals surface area contributed by atoms with Gasteiger partial charge < -0.3 is 9.53 Å². The van der Waals surface area contributed by atoms with Gasteiger partial charge in [-0.15, -0.1) is 0 Å². The van der Waals surface area contributed by atoms with Crippen LogP contribution in [0.1, 0.15) is 51.9 Å². The zero-order chi connectivity index (χ0) is 17.0. The lowest BCUT2D eigenvalue weighted by atomic mass is 9.91. The molecule has 2 atom stereocenters.